The van der Waals surface area contributed by atoms with Crippen LogP contribution in [0.25, 0.3) is 0 Å². The van der Waals surface area contributed by atoms with Crippen LogP contribution in [-0.2, 0) is 25.0 Å². The number of ketones is 2. The van der Waals surface area contributed by atoms with Crippen molar-refractivity contribution in [2.75, 3.05) is 0 Å². The van der Waals surface area contributed by atoms with Crippen LogP contribution in [0.1, 0.15) is 71.6 Å². The quantitative estimate of drug-likeness (QED) is 0.731. The van der Waals surface area contributed by atoms with Crippen LogP contribution in [0.3, 0.4) is 0 Å². The minimum absolute atomic E-state index is 0.0625. The van der Waals surface area contributed by atoms with Crippen molar-refractivity contribution in [3.8, 4) is 0 Å². The first-order valence-corrected chi connectivity index (χ1v) is 8.37. The summed E-state index contributed by atoms with van der Waals surface area (Å²) in [6.07, 6.45) is 12.0. The maximum Gasteiger partial charge on any atom is 0.137 e. The molecule has 2 fully saturated rings. The topological polar surface area (TPSA) is 34.1 Å². The van der Waals surface area contributed by atoms with Crippen molar-refractivity contribution in [2.24, 2.45) is 0 Å². The molecule has 0 saturated heterocycles. The largest absolute Gasteiger partial charge is 0.300 e. The Morgan fingerprint density at radius 3 is 1.39 bits per heavy atom. The third kappa shape index (κ3) is 7.18. The van der Waals surface area contributed by atoms with Gasteiger partial charge in [-0.2, -0.15) is 0 Å². The van der Waals surface area contributed by atoms with Crippen molar-refractivity contribution in [3.05, 3.63) is 0 Å². The van der Waals surface area contributed by atoms with Crippen molar-refractivity contribution >= 4 is 20.0 Å². The van der Waals surface area contributed by atoms with E-state index in [2.05, 4.69) is 0 Å². The van der Waals surface area contributed by atoms with Gasteiger partial charge in [0.25, 0.3) is 0 Å². The standard InChI is InChI=1S/C5H8O2.2C5H8.V/c1-4(6)3-5(2)7;2*1-2-4-5-3-1;/h3H2,1-2H3;2*1-4H2;. The second kappa shape index (κ2) is 8.71. The monoisotopic (exact) mass is 287 g/mol. The molecule has 0 amide bonds. The Labute approximate surface area is 117 Å². The van der Waals surface area contributed by atoms with E-state index in [-0.39, 0.29) is 18.0 Å². The molecule has 0 aromatic carbocycles. The molecule has 0 spiro atoms. The van der Waals surface area contributed by atoms with Gasteiger partial charge in [-0.3, -0.25) is 9.59 Å². The molecule has 2 saturated carbocycles. The average molecular weight is 287 g/mol. The van der Waals surface area contributed by atoms with Crippen LogP contribution in [0.5, 0.6) is 0 Å². The van der Waals surface area contributed by atoms with Gasteiger partial charge in [0.15, 0.2) is 0 Å². The summed E-state index contributed by atoms with van der Waals surface area (Å²) in [6, 6.07) is 0. The molecule has 0 N–H and O–H groups in total. The smallest absolute Gasteiger partial charge is 0.137 e. The maximum atomic E-state index is 10.0. The van der Waals surface area contributed by atoms with Crippen LogP contribution >= 0.6 is 0 Å². The molecule has 2 nitrogen and oxygen atoms in total. The van der Waals surface area contributed by atoms with Gasteiger partial charge < -0.3 is 0 Å². The predicted octanol–water partition coefficient (Wildman–Crippen LogP) is 3.12. The molecule has 2 aliphatic rings. The van der Waals surface area contributed by atoms with Gasteiger partial charge in [0.1, 0.15) is 11.6 Å². The number of rotatable bonds is 2. The minimum Gasteiger partial charge on any atom is -0.300 e. The van der Waals surface area contributed by atoms with Crippen LogP contribution in [0.15, 0.2) is 0 Å². The molecule has 18 heavy (non-hydrogen) atoms. The van der Waals surface area contributed by atoms with Crippen molar-refractivity contribution in [1.82, 2.24) is 0 Å². The maximum absolute atomic E-state index is 10.0. The summed E-state index contributed by atoms with van der Waals surface area (Å²) in [6.45, 7) is 2.81. The van der Waals surface area contributed by atoms with E-state index in [0.29, 0.717) is 15.4 Å². The van der Waals surface area contributed by atoms with E-state index in [0.717, 1.165) is 0 Å². The minimum atomic E-state index is -0.0625. The Bertz CT molecular complexity index is 328. The van der Waals surface area contributed by atoms with Gasteiger partial charge in [-0.1, -0.05) is 0 Å². The van der Waals surface area contributed by atoms with E-state index < -0.39 is 0 Å². The summed E-state index contributed by atoms with van der Waals surface area (Å²) in [4.78, 5) is 20.1. The molecular formula is C15H24O2V. The molecule has 0 aromatic heterocycles. The van der Waals surface area contributed by atoms with Crippen LogP contribution in [0.4, 0.5) is 0 Å². The fourth-order valence-electron chi connectivity index (χ4n) is 2.36. The summed E-state index contributed by atoms with van der Waals surface area (Å²) in [5.41, 5.74) is 0. The Hall–Kier alpha value is -0.336. The van der Waals surface area contributed by atoms with Gasteiger partial charge in [-0.05, 0) is 13.8 Å². The summed E-state index contributed by atoms with van der Waals surface area (Å²) < 4.78 is 3.91. The summed E-state index contributed by atoms with van der Waals surface area (Å²) in [7, 11) is 0. The SMILES string of the molecule is C1CC[C](=[V]=[C]2CCCC2)C1.CC(=O)CC(C)=O. The van der Waals surface area contributed by atoms with E-state index in [1.165, 1.54) is 65.2 Å². The Balaban J connectivity index is 0.000000203. The van der Waals surface area contributed by atoms with E-state index >= 15 is 0 Å². The van der Waals surface area contributed by atoms with E-state index in [1.807, 2.05) is 8.45 Å². The number of hydrogen-bond donors (Lipinski definition) is 0. The third-order valence-corrected chi connectivity index (χ3v) is 5.56. The summed E-state index contributed by atoms with van der Waals surface area (Å²) in [5, 5.41) is 0. The zero-order chi connectivity index (χ0) is 13.4. The summed E-state index contributed by atoms with van der Waals surface area (Å²) >= 11 is 0.594. The fourth-order valence-corrected chi connectivity index (χ4v) is 4.75. The predicted molar refractivity (Wildman–Crippen MR) is 72.9 cm³/mol. The first-order valence-electron chi connectivity index (χ1n) is 6.98. The van der Waals surface area contributed by atoms with Gasteiger partial charge in [-0.25, -0.2) is 0 Å². The van der Waals surface area contributed by atoms with E-state index in [1.54, 1.807) is 0 Å². The van der Waals surface area contributed by atoms with Crippen molar-refractivity contribution in [1.29, 1.82) is 0 Å². The van der Waals surface area contributed by atoms with Crippen molar-refractivity contribution in [2.45, 2.75) is 71.6 Å². The van der Waals surface area contributed by atoms with Crippen LogP contribution in [0, 0.1) is 0 Å². The molecule has 0 aromatic rings. The second-order valence-electron chi connectivity index (χ2n) is 5.24. The first kappa shape index (κ1) is 15.7. The number of Topliss-reactive ketones (excluding diaryl/α,β-unsaturated/α-hetero) is 2. The molecule has 0 aliphatic heterocycles. The molecule has 0 radical (unpaired) electrons. The fraction of sp³-hybridized carbons (Fsp3) is 0.733. The molecule has 3 heteroatoms. The first-order chi connectivity index (χ1) is 8.58. The third-order valence-electron chi connectivity index (χ3n) is 3.18. The molecule has 0 unspecified atom stereocenters. The molecule has 101 valence electrons. The Kier molecular flexibility index (Phi) is 7.61. The van der Waals surface area contributed by atoms with Gasteiger partial charge >= 0.3 is 75.2 Å². The summed E-state index contributed by atoms with van der Waals surface area (Å²) in [5.74, 6) is -0.125. The average Bonchev–Trinajstić information content (AvgIpc) is 2.90. The number of carbonyl (C=O) groups excluding carboxylic acids is 2. The van der Waals surface area contributed by atoms with Gasteiger partial charge in [0, 0.05) is 0 Å². The second-order valence-corrected chi connectivity index (χ2v) is 7.56. The molecule has 2 aliphatic carbocycles. The van der Waals surface area contributed by atoms with Crippen LogP contribution < -0.4 is 0 Å². The zero-order valence-electron chi connectivity index (χ0n) is 11.6. The van der Waals surface area contributed by atoms with Crippen LogP contribution in [-0.4, -0.2) is 20.0 Å². The molecule has 0 bridgehead atoms. The Morgan fingerprint density at radius 1 is 0.833 bits per heavy atom. The molecular weight excluding hydrogens is 263 g/mol. The normalized spacial score (nSPS) is 18.1. The Morgan fingerprint density at radius 2 is 1.17 bits per heavy atom. The van der Waals surface area contributed by atoms with Crippen molar-refractivity contribution in [3.63, 3.8) is 0 Å². The molecule has 0 atom stereocenters. The molecule has 2 rings (SSSR count). The number of hydrogen-bond acceptors (Lipinski definition) is 2. The zero-order valence-corrected chi connectivity index (χ0v) is 13.0. The van der Waals surface area contributed by atoms with Gasteiger partial charge in [-0.15, -0.1) is 0 Å². The van der Waals surface area contributed by atoms with Gasteiger partial charge in [0.05, 0.1) is 6.42 Å². The van der Waals surface area contributed by atoms with Crippen molar-refractivity contribution < 1.29 is 25.0 Å². The molecule has 0 heterocycles. The van der Waals surface area contributed by atoms with E-state index in [9.17, 15) is 9.59 Å². The van der Waals surface area contributed by atoms with Crippen LogP contribution in [0.2, 0.25) is 0 Å². The van der Waals surface area contributed by atoms with E-state index in [4.69, 9.17) is 0 Å². The van der Waals surface area contributed by atoms with Gasteiger partial charge in [0.2, 0.25) is 0 Å². The number of carbonyl (C=O) groups is 2.